The molecule has 26 nitrogen and oxygen atoms in total. The lowest BCUT2D eigenvalue weighted by Gasteiger charge is -2.21. The molecule has 0 aliphatic carbocycles. The number of halogens is 1. The number of anilines is 1. The summed E-state index contributed by atoms with van der Waals surface area (Å²) in [4.78, 5) is 142. The summed E-state index contributed by atoms with van der Waals surface area (Å²) in [7, 11) is 0. The molecular weight excluding hydrogens is 1350 g/mol. The van der Waals surface area contributed by atoms with Crippen LogP contribution in [0.3, 0.4) is 0 Å². The molecule has 12 N–H and O–H groups in total. The number of aromatic amines is 1. The highest BCUT2D eigenvalue weighted by Crippen LogP contribution is 2.42. The zero-order valence-corrected chi connectivity index (χ0v) is 53.5. The normalized spacial score (nSPS) is 18.9. The standard InChI is InChI=1S/C57H49BrN14O12S6/c1-4-27-52-68-33(18-87-52)46(77)63-30-13-39(75)56(82)84-15-24-8-7-11-29-40(24)22(2)41(61-29)57(83)90-21-37(65-48(79)34-19-88-53(30)69-34)54-66-32(16-86-54)43-25(51-67-36(17-85-51)49(80)72-42(23(3)73)50(81)62-27)12-38(74)44(71-43)55-70-35(20-89-55)47(78)64-31(45(59)76)14-60-28-10-6-5-9-26(28)58/h4-12,16-20,23,30-31,37,39,42,60-61,73-75H,13-15,21H2,1-3H3,(H2,59,76)(H,62,81)(H,63,77)(H,64,78)(H,65,79)(H,72,80)/b27-4-/t23-,30+,31?,37+,39-,42+/m1/s1. The lowest BCUT2D eigenvalue weighted by Crippen LogP contribution is -2.52. The second-order valence-corrected chi connectivity index (χ2v) is 26.4. The van der Waals surface area contributed by atoms with E-state index in [1.165, 1.54) is 40.6 Å². The van der Waals surface area contributed by atoms with Crippen molar-refractivity contribution in [2.75, 3.05) is 17.6 Å². The fraction of sp³-hybridized carbons (Fsp3) is 0.228. The summed E-state index contributed by atoms with van der Waals surface area (Å²) in [5.74, 6) is -6.46. The number of benzene rings is 2. The third-order valence-electron chi connectivity index (χ3n) is 14.1. The molecular formula is C57H49BrN14O12S6. The van der Waals surface area contributed by atoms with Crippen molar-refractivity contribution < 1.29 is 58.4 Å². The number of para-hydroxylation sites is 1. The predicted octanol–water partition coefficient (Wildman–Crippen LogP) is 6.61. The molecule has 90 heavy (non-hydrogen) atoms. The first kappa shape index (κ1) is 62.9. The van der Waals surface area contributed by atoms with Crippen LogP contribution in [0.2, 0.25) is 0 Å². The minimum Gasteiger partial charge on any atom is -0.506 e. The van der Waals surface area contributed by atoms with Crippen molar-refractivity contribution in [3.63, 3.8) is 0 Å². The van der Waals surface area contributed by atoms with Gasteiger partial charge in [-0.25, -0.2) is 34.7 Å². The molecule has 462 valence electrons. The average Bonchev–Trinajstić information content (AvgIpc) is 1.63. The van der Waals surface area contributed by atoms with Crippen LogP contribution in [0.15, 0.2) is 86.0 Å². The Kier molecular flexibility index (Phi) is 18.7. The SMILES string of the molecule is C/C=C1\NC(=O)[C@H]([C@@H](C)O)NC(=O)c2csc(n2)-c2cc(O)c(-c3nc(C(=O)NC(CNc4ccccc4Br)C(N)=O)cs3)nc2-c2csc(n2)[C@@H]2CSC(=O)c3[nH]c4cccc(c4c3C)COC(=O)[C@H](O)C[C@H](NC(=O)c3csc1n3)c1nc(cs1)C(=O)N2. The van der Waals surface area contributed by atoms with Gasteiger partial charge in [0.2, 0.25) is 16.9 Å². The lowest BCUT2D eigenvalue weighted by molar-refractivity contribution is -0.155. The largest absolute Gasteiger partial charge is 0.506 e. The summed E-state index contributed by atoms with van der Waals surface area (Å²) >= 11 is 9.21. The van der Waals surface area contributed by atoms with E-state index in [0.29, 0.717) is 32.2 Å². The van der Waals surface area contributed by atoms with Gasteiger partial charge in [-0.1, -0.05) is 42.1 Å². The van der Waals surface area contributed by atoms with Gasteiger partial charge in [0.05, 0.1) is 29.6 Å². The highest BCUT2D eigenvalue weighted by atomic mass is 79.9. The maximum Gasteiger partial charge on any atom is 0.335 e. The minimum absolute atomic E-state index is 0.0472. The number of hydrogen-bond acceptors (Lipinski definition) is 25. The van der Waals surface area contributed by atoms with Crippen LogP contribution in [0.1, 0.15) is 111 Å². The van der Waals surface area contributed by atoms with Gasteiger partial charge < -0.3 is 62.7 Å². The Morgan fingerprint density at radius 3 is 2.19 bits per heavy atom. The number of esters is 1. The van der Waals surface area contributed by atoms with Crippen molar-refractivity contribution in [3.05, 3.63) is 141 Å². The molecule has 6 amide bonds. The number of allylic oxidation sites excluding steroid dienone is 1. The van der Waals surface area contributed by atoms with Gasteiger partial charge in [-0.15, -0.1) is 56.7 Å². The topological polar surface area (TPSA) is 398 Å². The van der Waals surface area contributed by atoms with E-state index >= 15 is 0 Å². The second-order valence-electron chi connectivity index (χ2n) is 20.2. The number of aryl methyl sites for hydroxylation is 1. The van der Waals surface area contributed by atoms with E-state index in [0.717, 1.165) is 68.4 Å². The number of nitrogens with zero attached hydrogens (tertiary/aromatic N) is 6. The number of carbonyl (C=O) groups excluding carboxylic acids is 8. The number of aliphatic hydroxyl groups is 2. The Balaban J connectivity index is 1.01. The zero-order chi connectivity index (χ0) is 63.7. The number of rotatable bonds is 8. The van der Waals surface area contributed by atoms with Gasteiger partial charge in [0.1, 0.15) is 89.3 Å². The molecule has 0 spiro atoms. The van der Waals surface area contributed by atoms with Crippen molar-refractivity contribution in [2.45, 2.75) is 70.2 Å². The Hall–Kier alpha value is -8.67. The van der Waals surface area contributed by atoms with E-state index in [1.54, 1.807) is 55.6 Å². The molecule has 7 aromatic heterocycles. The quantitative estimate of drug-likeness (QED) is 0.0712. The number of aromatic hydroxyl groups is 1. The van der Waals surface area contributed by atoms with Crippen molar-refractivity contribution in [3.8, 4) is 38.4 Å². The minimum atomic E-state index is -1.84. The number of ether oxygens (including phenoxy) is 1. The Labute approximate surface area is 541 Å². The molecule has 9 heterocycles. The van der Waals surface area contributed by atoms with Crippen LogP contribution >= 0.6 is 84.4 Å². The van der Waals surface area contributed by atoms with Crippen LogP contribution in [0.5, 0.6) is 5.75 Å². The highest BCUT2D eigenvalue weighted by molar-refractivity contribution is 9.10. The van der Waals surface area contributed by atoms with Gasteiger partial charge in [0.25, 0.3) is 23.6 Å². The molecule has 0 fully saturated rings. The third kappa shape index (κ3) is 13.4. The molecule has 2 aromatic carbocycles. The number of thioether (sulfide) groups is 1. The number of amides is 6. The van der Waals surface area contributed by atoms with Gasteiger partial charge in [-0.3, -0.25) is 33.6 Å². The molecule has 33 heteroatoms. The number of H-pyrrole nitrogens is 1. The maximum absolute atomic E-state index is 14.6. The number of aromatic nitrogens is 7. The average molecular weight is 1390 g/mol. The van der Waals surface area contributed by atoms with Gasteiger partial charge in [0.15, 0.2) is 6.10 Å². The molecule has 1 unspecified atom stereocenters. The van der Waals surface area contributed by atoms with Crippen molar-refractivity contribution in [1.29, 1.82) is 0 Å². The summed E-state index contributed by atoms with van der Waals surface area (Å²) in [6.07, 6.45) is -2.30. The van der Waals surface area contributed by atoms with E-state index < -0.39 is 95.1 Å². The number of fused-ring (bicyclic) bond motifs is 13. The van der Waals surface area contributed by atoms with Crippen LogP contribution in [0.4, 0.5) is 5.69 Å². The van der Waals surface area contributed by atoms with Crippen LogP contribution in [0, 0.1) is 6.92 Å². The summed E-state index contributed by atoms with van der Waals surface area (Å²) < 4.78 is 6.36. The van der Waals surface area contributed by atoms with Crippen LogP contribution in [-0.2, 0) is 25.7 Å². The monoisotopic (exact) mass is 1390 g/mol. The molecule has 0 saturated heterocycles. The number of aliphatic hydroxyl groups excluding tert-OH is 2. The number of nitrogens with two attached hydrogens (primary N) is 1. The molecule has 0 radical (unpaired) electrons. The summed E-state index contributed by atoms with van der Waals surface area (Å²) in [6.45, 7) is 4.23. The van der Waals surface area contributed by atoms with E-state index in [9.17, 15) is 53.7 Å². The summed E-state index contributed by atoms with van der Waals surface area (Å²) in [5.41, 5.74) is 7.89. The van der Waals surface area contributed by atoms with Gasteiger partial charge in [-0.05, 0) is 72.1 Å². The van der Waals surface area contributed by atoms with Gasteiger partial charge >= 0.3 is 5.97 Å². The molecule has 0 saturated carbocycles. The van der Waals surface area contributed by atoms with Crippen LogP contribution in [-0.4, -0.2) is 133 Å². The number of thiazole rings is 5. The maximum atomic E-state index is 14.6. The van der Waals surface area contributed by atoms with Crippen molar-refractivity contribution in [1.82, 2.24) is 61.5 Å². The number of carbonyl (C=O) groups is 8. The summed E-state index contributed by atoms with van der Waals surface area (Å²) in [5, 5.41) is 59.0. The first-order valence-electron chi connectivity index (χ1n) is 27.0. The number of nitrogens with one attached hydrogen (secondary N) is 7. The molecule has 11 rings (SSSR count). The van der Waals surface area contributed by atoms with Gasteiger partial charge in [-0.2, -0.15) is 0 Å². The zero-order valence-electron chi connectivity index (χ0n) is 47.0. The lowest BCUT2D eigenvalue weighted by atomic mass is 10.1. The number of pyridine rings is 1. The van der Waals surface area contributed by atoms with Crippen LogP contribution in [0.25, 0.3) is 49.3 Å². The van der Waals surface area contributed by atoms with E-state index in [-0.39, 0.29) is 101 Å². The van der Waals surface area contributed by atoms with Crippen molar-refractivity contribution >= 4 is 153 Å². The first-order valence-corrected chi connectivity index (χ1v) is 33.2. The predicted molar refractivity (Wildman–Crippen MR) is 342 cm³/mol. The molecule has 9 aromatic rings. The Morgan fingerprint density at radius 2 is 1.46 bits per heavy atom. The van der Waals surface area contributed by atoms with Crippen molar-refractivity contribution in [2.24, 2.45) is 5.73 Å². The molecule has 6 atom stereocenters. The number of hydrogen-bond donors (Lipinski definition) is 11. The highest BCUT2D eigenvalue weighted by Gasteiger charge is 2.34. The molecule has 12 bridgehead atoms. The van der Waals surface area contributed by atoms with Crippen LogP contribution < -0.4 is 37.6 Å². The fourth-order valence-electron chi connectivity index (χ4n) is 9.45. The van der Waals surface area contributed by atoms with E-state index in [4.69, 9.17) is 20.4 Å². The molecule has 2 aliphatic rings. The molecule has 2 aliphatic heterocycles. The smallest absolute Gasteiger partial charge is 0.335 e. The first-order chi connectivity index (χ1) is 43.2. The fourth-order valence-corrected chi connectivity index (χ4v) is 15.0. The Morgan fingerprint density at radius 1 is 0.800 bits per heavy atom. The third-order valence-corrected chi connectivity index (χ3v) is 20.2. The summed E-state index contributed by atoms with van der Waals surface area (Å²) in [6, 6.07) is 8.60. The van der Waals surface area contributed by atoms with E-state index in [2.05, 4.69) is 72.8 Å². The van der Waals surface area contributed by atoms with E-state index in [1.807, 2.05) is 6.07 Å². The number of cyclic esters (lactones) is 1. The second kappa shape index (κ2) is 26.8. The van der Waals surface area contributed by atoms with Gasteiger partial charge in [0, 0.05) is 72.2 Å². The Bertz CT molecular complexity index is 4380. The number of primary amides is 1.